The third-order valence-corrected chi connectivity index (χ3v) is 4.37. The number of primary amides is 1. The van der Waals surface area contributed by atoms with Crippen molar-refractivity contribution in [1.29, 1.82) is 0 Å². The Balaban J connectivity index is 4.89. The van der Waals surface area contributed by atoms with Gasteiger partial charge in [-0.1, -0.05) is 0 Å². The van der Waals surface area contributed by atoms with Crippen LogP contribution in [-0.2, 0) is 19.0 Å². The highest BCUT2D eigenvalue weighted by Gasteiger charge is 2.47. The molecule has 0 spiro atoms. The van der Waals surface area contributed by atoms with Gasteiger partial charge in [0, 0.05) is 21.3 Å². The van der Waals surface area contributed by atoms with E-state index in [1.165, 1.54) is 21.3 Å². The molecule has 6 heteroatoms. The number of rotatable bonds is 6. The SMILES string of the molecule is COC([SiH3])(CC(N)=O)C(C)(OC)OC. The molecule has 1 amide bonds. The fraction of sp³-hybridized carbons (Fsp3) is 0.875. The molecule has 14 heavy (non-hydrogen) atoms. The molecule has 0 radical (unpaired) electrons. The fourth-order valence-electron chi connectivity index (χ4n) is 1.27. The lowest BCUT2D eigenvalue weighted by Gasteiger charge is -2.42. The van der Waals surface area contributed by atoms with Crippen LogP contribution in [0.25, 0.3) is 0 Å². The average Bonchev–Trinajstić information content (AvgIpc) is 2.15. The smallest absolute Gasteiger partial charge is 0.220 e. The topological polar surface area (TPSA) is 70.8 Å². The molecular formula is C8H19NO4Si. The summed E-state index contributed by atoms with van der Waals surface area (Å²) in [7, 11) is 5.11. The van der Waals surface area contributed by atoms with E-state index >= 15 is 0 Å². The quantitative estimate of drug-likeness (QED) is 0.441. The van der Waals surface area contributed by atoms with Gasteiger partial charge in [0.1, 0.15) is 5.22 Å². The highest BCUT2D eigenvalue weighted by Crippen LogP contribution is 2.29. The molecule has 1 atom stereocenters. The van der Waals surface area contributed by atoms with E-state index in [-0.39, 0.29) is 6.42 Å². The number of methoxy groups -OCH3 is 3. The first-order valence-corrected chi connectivity index (χ1v) is 5.29. The molecule has 0 saturated heterocycles. The van der Waals surface area contributed by atoms with E-state index in [0.717, 1.165) is 0 Å². The van der Waals surface area contributed by atoms with Crippen molar-refractivity contribution in [3.63, 3.8) is 0 Å². The van der Waals surface area contributed by atoms with Crippen LogP contribution in [0.15, 0.2) is 0 Å². The van der Waals surface area contributed by atoms with Crippen LogP contribution >= 0.6 is 0 Å². The lowest BCUT2D eigenvalue weighted by molar-refractivity contribution is -0.269. The fourth-order valence-corrected chi connectivity index (χ4v) is 2.02. The van der Waals surface area contributed by atoms with Gasteiger partial charge in [0.25, 0.3) is 0 Å². The van der Waals surface area contributed by atoms with E-state index in [1.54, 1.807) is 6.92 Å². The molecule has 0 heterocycles. The Kier molecular flexibility index (Phi) is 4.73. The second kappa shape index (κ2) is 4.88. The van der Waals surface area contributed by atoms with Crippen LogP contribution < -0.4 is 5.73 Å². The predicted octanol–water partition coefficient (Wildman–Crippen LogP) is -1.42. The zero-order chi connectivity index (χ0) is 11.4. The van der Waals surface area contributed by atoms with Crippen LogP contribution in [0.5, 0.6) is 0 Å². The molecule has 0 aliphatic carbocycles. The zero-order valence-corrected chi connectivity index (χ0v) is 11.4. The third kappa shape index (κ3) is 2.54. The summed E-state index contributed by atoms with van der Waals surface area (Å²) in [6.45, 7) is 1.73. The number of carbonyl (C=O) groups is 1. The normalized spacial score (nSPS) is 16.6. The minimum absolute atomic E-state index is 0.0912. The Morgan fingerprint density at radius 3 is 1.93 bits per heavy atom. The zero-order valence-electron chi connectivity index (χ0n) is 9.42. The maximum atomic E-state index is 10.9. The monoisotopic (exact) mass is 221 g/mol. The molecule has 2 N–H and O–H groups in total. The number of hydrogen-bond donors (Lipinski definition) is 1. The number of amides is 1. The standard InChI is InChI=1S/C8H19NO4Si/c1-7(11-2,12-3)8(14,13-4)5-6(9)10/h5H2,1-4,14H3,(H2,9,10). The molecule has 0 rings (SSSR count). The van der Waals surface area contributed by atoms with Crippen molar-refractivity contribution < 1.29 is 19.0 Å². The molecule has 0 fully saturated rings. The summed E-state index contributed by atoms with van der Waals surface area (Å²) in [5.41, 5.74) is 5.15. The Hall–Kier alpha value is -0.433. The molecule has 0 aromatic carbocycles. The first kappa shape index (κ1) is 13.6. The van der Waals surface area contributed by atoms with E-state index in [0.29, 0.717) is 10.2 Å². The summed E-state index contributed by atoms with van der Waals surface area (Å²) in [5, 5.41) is -0.762. The maximum absolute atomic E-state index is 10.9. The second-order valence-electron chi connectivity index (χ2n) is 3.43. The van der Waals surface area contributed by atoms with Crippen molar-refractivity contribution in [3.8, 4) is 0 Å². The minimum atomic E-state index is -0.941. The largest absolute Gasteiger partial charge is 0.377 e. The lowest BCUT2D eigenvalue weighted by atomic mass is 10.1. The summed E-state index contributed by atoms with van der Waals surface area (Å²) < 4.78 is 15.8. The molecule has 0 aliphatic heterocycles. The minimum Gasteiger partial charge on any atom is -0.377 e. The highest BCUT2D eigenvalue weighted by molar-refractivity contribution is 6.16. The summed E-state index contributed by atoms with van der Waals surface area (Å²) >= 11 is 0. The van der Waals surface area contributed by atoms with Crippen LogP contribution in [0.4, 0.5) is 0 Å². The Labute approximate surface area is 87.3 Å². The van der Waals surface area contributed by atoms with Gasteiger partial charge >= 0.3 is 0 Å². The Morgan fingerprint density at radius 1 is 1.29 bits per heavy atom. The van der Waals surface area contributed by atoms with E-state index in [2.05, 4.69) is 0 Å². The molecule has 0 saturated carbocycles. The van der Waals surface area contributed by atoms with Gasteiger partial charge in [-0.15, -0.1) is 0 Å². The van der Waals surface area contributed by atoms with E-state index in [4.69, 9.17) is 19.9 Å². The highest BCUT2D eigenvalue weighted by atomic mass is 28.1. The first-order chi connectivity index (χ1) is 6.35. The van der Waals surface area contributed by atoms with Crippen LogP contribution in [0.1, 0.15) is 13.3 Å². The molecule has 0 aromatic rings. The number of hydrogen-bond acceptors (Lipinski definition) is 4. The average molecular weight is 221 g/mol. The summed E-state index contributed by atoms with van der Waals surface area (Å²) in [4.78, 5) is 10.9. The summed E-state index contributed by atoms with van der Waals surface area (Å²) in [6.07, 6.45) is 0.0912. The molecule has 1 unspecified atom stereocenters. The van der Waals surface area contributed by atoms with Crippen molar-refractivity contribution in [1.82, 2.24) is 0 Å². The van der Waals surface area contributed by atoms with Gasteiger partial charge in [0.05, 0.1) is 16.7 Å². The van der Waals surface area contributed by atoms with Crippen molar-refractivity contribution in [2.24, 2.45) is 5.73 Å². The van der Waals surface area contributed by atoms with Crippen LogP contribution in [0, 0.1) is 0 Å². The third-order valence-electron chi connectivity index (χ3n) is 2.70. The van der Waals surface area contributed by atoms with Crippen LogP contribution in [-0.4, -0.2) is 48.5 Å². The Morgan fingerprint density at radius 2 is 1.71 bits per heavy atom. The van der Waals surface area contributed by atoms with Gasteiger partial charge in [0.2, 0.25) is 5.91 Å². The molecule has 0 aromatic heterocycles. The van der Waals surface area contributed by atoms with Gasteiger partial charge in [-0.2, -0.15) is 0 Å². The second-order valence-corrected chi connectivity index (χ2v) is 5.05. The summed E-state index contributed by atoms with van der Waals surface area (Å²) in [6, 6.07) is 0. The number of nitrogens with two attached hydrogens (primary N) is 1. The lowest BCUT2D eigenvalue weighted by Crippen LogP contribution is -2.58. The Bertz CT molecular complexity index is 208. The summed E-state index contributed by atoms with van der Waals surface area (Å²) in [5.74, 6) is -1.37. The number of ether oxygens (including phenoxy) is 3. The van der Waals surface area contributed by atoms with Gasteiger partial charge in [0.15, 0.2) is 5.79 Å². The van der Waals surface area contributed by atoms with E-state index in [9.17, 15) is 4.79 Å². The van der Waals surface area contributed by atoms with Gasteiger partial charge < -0.3 is 19.9 Å². The van der Waals surface area contributed by atoms with Gasteiger partial charge in [-0.25, -0.2) is 0 Å². The van der Waals surface area contributed by atoms with Crippen molar-refractivity contribution in [3.05, 3.63) is 0 Å². The van der Waals surface area contributed by atoms with Crippen LogP contribution in [0.3, 0.4) is 0 Å². The molecule has 84 valence electrons. The predicted molar refractivity (Wildman–Crippen MR) is 55.9 cm³/mol. The van der Waals surface area contributed by atoms with Crippen molar-refractivity contribution in [2.45, 2.75) is 24.4 Å². The number of carbonyl (C=O) groups excluding carboxylic acids is 1. The molecule has 5 nitrogen and oxygen atoms in total. The van der Waals surface area contributed by atoms with E-state index in [1.807, 2.05) is 0 Å². The molecular weight excluding hydrogens is 202 g/mol. The van der Waals surface area contributed by atoms with Crippen LogP contribution in [0.2, 0.25) is 0 Å². The molecule has 0 aliphatic rings. The first-order valence-electron chi connectivity index (χ1n) is 4.29. The maximum Gasteiger partial charge on any atom is 0.220 e. The van der Waals surface area contributed by atoms with E-state index < -0.39 is 16.9 Å². The molecule has 0 bridgehead atoms. The van der Waals surface area contributed by atoms with Gasteiger partial charge in [-0.3, -0.25) is 4.79 Å². The van der Waals surface area contributed by atoms with Crippen molar-refractivity contribution in [2.75, 3.05) is 21.3 Å². The van der Waals surface area contributed by atoms with Gasteiger partial charge in [-0.05, 0) is 6.92 Å². The van der Waals surface area contributed by atoms with Crippen molar-refractivity contribution >= 4 is 16.1 Å².